The third-order valence-electron chi connectivity index (χ3n) is 3.63. The number of nitrogens with one attached hydrogen (secondary N) is 2. The molecule has 1 heterocycles. The lowest BCUT2D eigenvalue weighted by atomic mass is 10.1. The van der Waals surface area contributed by atoms with Crippen LogP contribution in [0.1, 0.15) is 17.4 Å². The zero-order valence-electron chi connectivity index (χ0n) is 15.0. The highest BCUT2D eigenvalue weighted by Gasteiger charge is 2.33. The van der Waals surface area contributed by atoms with E-state index >= 15 is 0 Å². The van der Waals surface area contributed by atoms with Crippen molar-refractivity contribution in [1.29, 1.82) is 0 Å². The van der Waals surface area contributed by atoms with Crippen LogP contribution in [0.2, 0.25) is 0 Å². The van der Waals surface area contributed by atoms with Crippen LogP contribution >= 0.6 is 11.3 Å². The van der Waals surface area contributed by atoms with Crippen molar-refractivity contribution in [1.82, 2.24) is 5.32 Å². The van der Waals surface area contributed by atoms with Gasteiger partial charge >= 0.3 is 12.1 Å². The molecule has 1 atom stereocenters. The van der Waals surface area contributed by atoms with Crippen molar-refractivity contribution in [2.45, 2.75) is 25.7 Å². The van der Waals surface area contributed by atoms with Gasteiger partial charge in [-0.3, -0.25) is 14.9 Å². The van der Waals surface area contributed by atoms with Crippen molar-refractivity contribution in [2.75, 3.05) is 11.9 Å². The average Bonchev–Trinajstić information content (AvgIpc) is 3.17. The monoisotopic (exact) mass is 431 g/mol. The van der Waals surface area contributed by atoms with Crippen LogP contribution in [0.3, 0.4) is 0 Å². The highest BCUT2D eigenvalue weighted by molar-refractivity contribution is 7.09. The van der Waals surface area contributed by atoms with E-state index in [1.807, 2.05) is 17.5 Å². The van der Waals surface area contributed by atoms with E-state index in [1.54, 1.807) is 0 Å². The standard InChI is InChI=1S/C17H16F3N3O5S/c1-10(16(25)28-9-15(24)21-8-12-3-2-6-29-12)22-13-5-4-11(17(18,19)20)7-14(13)23(26)27/h2-7,10,22H,8-9H2,1H3,(H,21,24)/t10-/m1/s1. The number of amides is 1. The average molecular weight is 431 g/mol. The highest BCUT2D eigenvalue weighted by Crippen LogP contribution is 2.35. The molecule has 2 rings (SSSR count). The van der Waals surface area contributed by atoms with Gasteiger partial charge in [0.25, 0.3) is 11.6 Å². The lowest BCUT2D eigenvalue weighted by Crippen LogP contribution is -2.33. The Morgan fingerprint density at radius 3 is 2.62 bits per heavy atom. The molecular weight excluding hydrogens is 415 g/mol. The Bertz CT molecular complexity index is 887. The van der Waals surface area contributed by atoms with Gasteiger partial charge in [-0.2, -0.15) is 13.2 Å². The van der Waals surface area contributed by atoms with Crippen molar-refractivity contribution in [2.24, 2.45) is 0 Å². The SMILES string of the molecule is C[C@@H](Nc1ccc(C(F)(F)F)cc1[N+](=O)[O-])C(=O)OCC(=O)NCc1cccs1. The molecule has 12 heteroatoms. The van der Waals surface area contributed by atoms with E-state index in [0.29, 0.717) is 12.1 Å². The molecule has 1 aromatic carbocycles. The van der Waals surface area contributed by atoms with Crippen molar-refractivity contribution < 1.29 is 32.4 Å². The molecule has 0 bridgehead atoms. The maximum Gasteiger partial charge on any atom is 0.416 e. The van der Waals surface area contributed by atoms with Gasteiger partial charge in [0.2, 0.25) is 0 Å². The minimum Gasteiger partial charge on any atom is -0.454 e. The topological polar surface area (TPSA) is 111 Å². The van der Waals surface area contributed by atoms with Crippen LogP contribution in [0.5, 0.6) is 0 Å². The molecule has 29 heavy (non-hydrogen) atoms. The first-order valence-corrected chi connectivity index (χ1v) is 9.03. The first-order chi connectivity index (χ1) is 13.6. The Morgan fingerprint density at radius 1 is 1.31 bits per heavy atom. The molecule has 8 nitrogen and oxygen atoms in total. The fourth-order valence-corrected chi connectivity index (χ4v) is 2.83. The number of ether oxygens (including phenoxy) is 1. The molecule has 2 N–H and O–H groups in total. The number of rotatable bonds is 8. The van der Waals surface area contributed by atoms with E-state index in [1.165, 1.54) is 18.3 Å². The normalized spacial score (nSPS) is 12.1. The van der Waals surface area contributed by atoms with Crippen LogP contribution < -0.4 is 10.6 Å². The molecule has 0 radical (unpaired) electrons. The predicted molar refractivity (Wildman–Crippen MR) is 98.3 cm³/mol. The molecule has 0 fully saturated rings. The zero-order valence-corrected chi connectivity index (χ0v) is 15.8. The van der Waals surface area contributed by atoms with E-state index in [-0.39, 0.29) is 12.2 Å². The summed E-state index contributed by atoms with van der Waals surface area (Å²) in [5, 5.41) is 17.9. The molecule has 2 aromatic rings. The summed E-state index contributed by atoms with van der Waals surface area (Å²) in [7, 11) is 0. The molecule has 1 amide bonds. The van der Waals surface area contributed by atoms with Gasteiger partial charge in [-0.1, -0.05) is 6.07 Å². The Labute approximate surface area is 166 Å². The smallest absolute Gasteiger partial charge is 0.416 e. The van der Waals surface area contributed by atoms with Crippen LogP contribution in [0.25, 0.3) is 0 Å². The molecule has 0 saturated carbocycles. The Hall–Kier alpha value is -3.15. The number of nitro groups is 1. The number of hydrogen-bond donors (Lipinski definition) is 2. The number of carbonyl (C=O) groups excluding carboxylic acids is 2. The summed E-state index contributed by atoms with van der Waals surface area (Å²) in [5.74, 6) is -1.44. The Balaban J connectivity index is 1.93. The van der Waals surface area contributed by atoms with E-state index in [4.69, 9.17) is 4.74 Å². The number of nitrogens with zero attached hydrogens (tertiary/aromatic N) is 1. The number of halogens is 3. The van der Waals surface area contributed by atoms with Gasteiger partial charge in [-0.25, -0.2) is 4.79 Å². The number of hydrogen-bond acceptors (Lipinski definition) is 7. The molecule has 0 aliphatic heterocycles. The summed E-state index contributed by atoms with van der Waals surface area (Å²) in [6.45, 7) is 1.01. The van der Waals surface area contributed by atoms with E-state index < -0.39 is 46.9 Å². The van der Waals surface area contributed by atoms with E-state index in [2.05, 4.69) is 10.6 Å². The maximum absolute atomic E-state index is 12.7. The largest absolute Gasteiger partial charge is 0.454 e. The van der Waals surface area contributed by atoms with Crippen molar-refractivity contribution in [3.8, 4) is 0 Å². The molecule has 0 unspecified atom stereocenters. The number of benzene rings is 1. The van der Waals surface area contributed by atoms with Crippen molar-refractivity contribution in [3.63, 3.8) is 0 Å². The molecule has 1 aromatic heterocycles. The highest BCUT2D eigenvalue weighted by atomic mass is 32.1. The quantitative estimate of drug-likeness (QED) is 0.377. The Kier molecular flexibility index (Phi) is 7.15. The fraction of sp³-hybridized carbons (Fsp3) is 0.294. The van der Waals surface area contributed by atoms with Gasteiger partial charge in [-0.15, -0.1) is 11.3 Å². The van der Waals surface area contributed by atoms with Crippen LogP contribution in [0, 0.1) is 10.1 Å². The van der Waals surface area contributed by atoms with Crippen LogP contribution in [0.4, 0.5) is 24.5 Å². The van der Waals surface area contributed by atoms with Gasteiger partial charge in [0, 0.05) is 10.9 Å². The number of carbonyl (C=O) groups is 2. The molecule has 0 spiro atoms. The second-order valence-corrected chi connectivity index (χ2v) is 6.85. The van der Waals surface area contributed by atoms with Gasteiger partial charge in [0.15, 0.2) is 6.61 Å². The number of alkyl halides is 3. The van der Waals surface area contributed by atoms with Gasteiger partial charge in [-0.05, 0) is 30.5 Å². The maximum atomic E-state index is 12.7. The summed E-state index contributed by atoms with van der Waals surface area (Å²) in [6.07, 6.45) is -4.75. The molecule has 0 aliphatic rings. The Morgan fingerprint density at radius 2 is 2.03 bits per heavy atom. The number of thiophene rings is 1. The van der Waals surface area contributed by atoms with E-state index in [0.717, 1.165) is 10.9 Å². The minimum atomic E-state index is -4.75. The fourth-order valence-electron chi connectivity index (χ4n) is 2.18. The second kappa shape index (κ2) is 9.37. The first-order valence-electron chi connectivity index (χ1n) is 8.16. The zero-order chi connectivity index (χ0) is 21.6. The summed E-state index contributed by atoms with van der Waals surface area (Å²) >= 11 is 1.44. The van der Waals surface area contributed by atoms with Crippen molar-refractivity contribution in [3.05, 3.63) is 56.3 Å². The molecular formula is C17H16F3N3O5S. The van der Waals surface area contributed by atoms with Gasteiger partial charge in [0.05, 0.1) is 17.0 Å². The first kappa shape index (κ1) is 22.1. The summed E-state index contributed by atoms with van der Waals surface area (Å²) in [6, 6.07) is 4.39. The third-order valence-corrected chi connectivity index (χ3v) is 4.51. The third kappa shape index (κ3) is 6.45. The minimum absolute atomic E-state index is 0.277. The number of esters is 1. The number of nitro benzene ring substituents is 1. The second-order valence-electron chi connectivity index (χ2n) is 5.82. The number of anilines is 1. The van der Waals surface area contributed by atoms with Crippen LogP contribution in [0.15, 0.2) is 35.7 Å². The molecule has 156 valence electrons. The molecule has 0 saturated heterocycles. The van der Waals surface area contributed by atoms with Gasteiger partial charge < -0.3 is 15.4 Å². The predicted octanol–water partition coefficient (Wildman–Crippen LogP) is 3.34. The summed E-state index contributed by atoms with van der Waals surface area (Å²) in [5.41, 5.74) is -2.31. The lowest BCUT2D eigenvalue weighted by molar-refractivity contribution is -0.384. The van der Waals surface area contributed by atoms with Crippen LogP contribution in [-0.4, -0.2) is 29.4 Å². The summed E-state index contributed by atoms with van der Waals surface area (Å²) < 4.78 is 43.0. The van der Waals surface area contributed by atoms with Gasteiger partial charge in [0.1, 0.15) is 11.7 Å². The van der Waals surface area contributed by atoms with Crippen LogP contribution in [-0.2, 0) is 27.0 Å². The lowest BCUT2D eigenvalue weighted by Gasteiger charge is -2.15. The van der Waals surface area contributed by atoms with Crippen molar-refractivity contribution >= 4 is 34.6 Å². The van der Waals surface area contributed by atoms with E-state index in [9.17, 15) is 32.9 Å². The molecule has 0 aliphatic carbocycles. The summed E-state index contributed by atoms with van der Waals surface area (Å²) in [4.78, 5) is 34.7.